The number of carbonyl (C=O) groups excluding carboxylic acids is 2. The van der Waals surface area contributed by atoms with E-state index >= 15 is 0 Å². The Morgan fingerprint density at radius 2 is 1.76 bits per heavy atom. The van der Waals surface area contributed by atoms with E-state index in [1.54, 1.807) is 12.3 Å². The van der Waals surface area contributed by atoms with Gasteiger partial charge in [-0.3, -0.25) is 4.79 Å². The summed E-state index contributed by atoms with van der Waals surface area (Å²) in [5.41, 5.74) is 1.24. The summed E-state index contributed by atoms with van der Waals surface area (Å²) >= 11 is 2.55. The normalized spacial score (nSPS) is 12.0. The summed E-state index contributed by atoms with van der Waals surface area (Å²) in [6.45, 7) is 1.71. The Kier molecular flexibility index (Phi) is 7.19. The van der Waals surface area contributed by atoms with Crippen LogP contribution in [0.2, 0.25) is 0 Å². The van der Waals surface area contributed by atoms with Crippen LogP contribution in [0.15, 0.2) is 34.5 Å². The summed E-state index contributed by atoms with van der Waals surface area (Å²) in [7, 11) is -5.43. The van der Waals surface area contributed by atoms with Crippen molar-refractivity contribution in [2.24, 2.45) is 5.73 Å². The lowest BCUT2D eigenvalue weighted by Crippen LogP contribution is -2.23. The van der Waals surface area contributed by atoms with Gasteiger partial charge in [-0.15, -0.1) is 22.7 Å². The topological polar surface area (TPSA) is 129 Å². The van der Waals surface area contributed by atoms with Crippen molar-refractivity contribution < 1.29 is 35.9 Å². The second-order valence-corrected chi connectivity index (χ2v) is 10.7. The number of rotatable bonds is 8. The zero-order valence-corrected chi connectivity index (χ0v) is 19.3. The molecule has 14 heteroatoms. The predicted octanol–water partition coefficient (Wildman–Crippen LogP) is 3.82. The molecule has 3 aromatic rings. The van der Waals surface area contributed by atoms with Crippen LogP contribution in [0.3, 0.4) is 0 Å². The summed E-state index contributed by atoms with van der Waals surface area (Å²) < 4.78 is 65.4. The molecule has 2 N–H and O–H groups in total. The Hall–Kier alpha value is -2.84. The van der Waals surface area contributed by atoms with E-state index in [1.807, 2.05) is 0 Å². The summed E-state index contributed by atoms with van der Waals surface area (Å²) in [6, 6.07) is 4.03. The van der Waals surface area contributed by atoms with E-state index in [4.69, 9.17) is 10.5 Å². The summed E-state index contributed by atoms with van der Waals surface area (Å²) in [5, 5.41) is 2.84. The highest BCUT2D eigenvalue weighted by Crippen LogP contribution is 2.32. The van der Waals surface area contributed by atoms with Gasteiger partial charge in [0, 0.05) is 11.8 Å². The van der Waals surface area contributed by atoms with E-state index in [0.29, 0.717) is 27.0 Å². The summed E-state index contributed by atoms with van der Waals surface area (Å²) in [6.07, 6.45) is -0.992. The molecule has 0 fully saturated rings. The number of primary amides is 1. The standard InChI is InChI=1S/C19H16F3N3O5S3/c1-10-17(32-16(24-10)8-30-18(23)27)14-9-31-15(25-14)7-12(26)6-11-2-4-13(5-3-11)33(28,29)19(20,21)22/h2-5,9H,6-8H2,1H3,(H2,23,27). The molecule has 0 bridgehead atoms. The number of sulfone groups is 1. The fourth-order valence-corrected chi connectivity index (χ4v) is 5.35. The molecule has 1 amide bonds. The number of ether oxygens (including phenoxy) is 1. The molecular weight excluding hydrogens is 503 g/mol. The van der Waals surface area contributed by atoms with Crippen LogP contribution in [0.5, 0.6) is 0 Å². The number of hydrogen-bond donors (Lipinski definition) is 1. The first-order valence-corrected chi connectivity index (χ1v) is 12.3. The molecule has 8 nitrogen and oxygen atoms in total. The highest BCUT2D eigenvalue weighted by molar-refractivity contribution is 7.92. The first-order chi connectivity index (χ1) is 15.4. The van der Waals surface area contributed by atoms with Crippen LogP contribution in [0.4, 0.5) is 18.0 Å². The molecular formula is C19H16F3N3O5S3. The van der Waals surface area contributed by atoms with Gasteiger partial charge in [0.2, 0.25) is 0 Å². The van der Waals surface area contributed by atoms with Crippen molar-refractivity contribution in [1.82, 2.24) is 9.97 Å². The van der Waals surface area contributed by atoms with Crippen LogP contribution in [-0.4, -0.2) is 35.8 Å². The third-order valence-electron chi connectivity index (χ3n) is 4.25. The molecule has 2 aromatic heterocycles. The van der Waals surface area contributed by atoms with Gasteiger partial charge in [0.1, 0.15) is 22.4 Å². The number of benzene rings is 1. The van der Waals surface area contributed by atoms with Crippen molar-refractivity contribution in [2.45, 2.75) is 36.8 Å². The number of carbonyl (C=O) groups is 2. The molecule has 0 saturated carbocycles. The van der Waals surface area contributed by atoms with Gasteiger partial charge in [0.15, 0.2) is 0 Å². The third kappa shape index (κ3) is 5.94. The number of Topliss-reactive ketones (excluding diaryl/α,β-unsaturated/α-hetero) is 1. The number of nitrogens with zero attached hydrogens (tertiary/aromatic N) is 2. The molecule has 0 aliphatic heterocycles. The first-order valence-electron chi connectivity index (χ1n) is 9.12. The van der Waals surface area contributed by atoms with Crippen LogP contribution in [0, 0.1) is 6.92 Å². The van der Waals surface area contributed by atoms with Crippen LogP contribution in [-0.2, 0) is 38.8 Å². The Balaban J connectivity index is 1.64. The zero-order valence-electron chi connectivity index (χ0n) is 16.9. The van der Waals surface area contributed by atoms with E-state index in [2.05, 4.69) is 9.97 Å². The average molecular weight is 520 g/mol. The van der Waals surface area contributed by atoms with Crippen molar-refractivity contribution in [2.75, 3.05) is 0 Å². The largest absolute Gasteiger partial charge is 0.501 e. The van der Waals surface area contributed by atoms with E-state index in [-0.39, 0.29) is 25.2 Å². The van der Waals surface area contributed by atoms with Gasteiger partial charge in [-0.05, 0) is 24.6 Å². The van der Waals surface area contributed by atoms with Crippen LogP contribution >= 0.6 is 22.7 Å². The van der Waals surface area contributed by atoms with Gasteiger partial charge < -0.3 is 10.5 Å². The van der Waals surface area contributed by atoms with E-state index in [1.165, 1.54) is 34.8 Å². The number of aryl methyl sites for hydroxylation is 1. The summed E-state index contributed by atoms with van der Waals surface area (Å²) in [4.78, 5) is 31.7. The number of thiazole rings is 2. The molecule has 1 aromatic carbocycles. The van der Waals surface area contributed by atoms with Crippen LogP contribution in [0.25, 0.3) is 10.6 Å². The quantitative estimate of drug-likeness (QED) is 0.479. The number of nitrogens with two attached hydrogens (primary N) is 1. The second kappa shape index (κ2) is 9.57. The van der Waals surface area contributed by atoms with Crippen molar-refractivity contribution in [3.8, 4) is 10.6 Å². The van der Waals surface area contributed by atoms with Crippen molar-refractivity contribution >= 4 is 44.4 Å². The number of amides is 1. The minimum atomic E-state index is -5.43. The monoisotopic (exact) mass is 519 g/mol. The molecule has 0 aliphatic carbocycles. The molecule has 176 valence electrons. The predicted molar refractivity (Wildman–Crippen MR) is 114 cm³/mol. The highest BCUT2D eigenvalue weighted by Gasteiger charge is 2.46. The Bertz CT molecular complexity index is 1280. The van der Waals surface area contributed by atoms with Crippen molar-refractivity contribution in [3.05, 3.63) is 50.9 Å². The lowest BCUT2D eigenvalue weighted by Gasteiger charge is -2.08. The number of hydrogen-bond acceptors (Lipinski definition) is 9. The Morgan fingerprint density at radius 3 is 2.36 bits per heavy atom. The number of aromatic nitrogens is 2. The minimum Gasteiger partial charge on any atom is -0.442 e. The average Bonchev–Trinajstić information content (AvgIpc) is 3.32. The smallest absolute Gasteiger partial charge is 0.442 e. The lowest BCUT2D eigenvalue weighted by molar-refractivity contribution is -0.117. The molecule has 0 saturated heterocycles. The molecule has 0 atom stereocenters. The highest BCUT2D eigenvalue weighted by atomic mass is 32.2. The fourth-order valence-electron chi connectivity index (χ4n) is 2.76. The maximum absolute atomic E-state index is 12.6. The van der Waals surface area contributed by atoms with Gasteiger partial charge in [-0.2, -0.15) is 13.2 Å². The Labute approximate surface area is 194 Å². The maximum Gasteiger partial charge on any atom is 0.501 e. The van der Waals surface area contributed by atoms with Gasteiger partial charge in [-0.25, -0.2) is 23.2 Å². The van der Waals surface area contributed by atoms with Crippen molar-refractivity contribution in [3.63, 3.8) is 0 Å². The van der Waals surface area contributed by atoms with Crippen molar-refractivity contribution in [1.29, 1.82) is 0 Å². The van der Waals surface area contributed by atoms with E-state index in [0.717, 1.165) is 17.0 Å². The second-order valence-electron chi connectivity index (χ2n) is 6.74. The molecule has 0 unspecified atom stereocenters. The number of alkyl halides is 3. The molecule has 0 aliphatic rings. The van der Waals surface area contributed by atoms with E-state index < -0.39 is 26.3 Å². The first kappa shape index (κ1) is 24.8. The van der Waals surface area contributed by atoms with Gasteiger partial charge in [-0.1, -0.05) is 12.1 Å². The number of halogens is 3. The maximum atomic E-state index is 12.6. The number of ketones is 1. The zero-order chi connectivity index (χ0) is 24.4. The molecule has 33 heavy (non-hydrogen) atoms. The van der Waals surface area contributed by atoms with Crippen LogP contribution < -0.4 is 5.73 Å². The van der Waals surface area contributed by atoms with Gasteiger partial charge in [0.05, 0.1) is 27.6 Å². The molecule has 0 spiro atoms. The SMILES string of the molecule is Cc1nc(COC(N)=O)sc1-c1csc(CC(=O)Cc2ccc(S(=O)(=O)C(F)(F)F)cc2)n1. The molecule has 0 radical (unpaired) electrons. The van der Waals surface area contributed by atoms with Gasteiger partial charge >= 0.3 is 11.6 Å². The minimum absolute atomic E-state index is 0.00274. The molecule has 2 heterocycles. The summed E-state index contributed by atoms with van der Waals surface area (Å²) in [5.74, 6) is -0.237. The Morgan fingerprint density at radius 1 is 1.09 bits per heavy atom. The lowest BCUT2D eigenvalue weighted by atomic mass is 10.1. The van der Waals surface area contributed by atoms with Crippen LogP contribution in [0.1, 0.15) is 21.3 Å². The van der Waals surface area contributed by atoms with Gasteiger partial charge in [0.25, 0.3) is 9.84 Å². The third-order valence-corrected chi connectivity index (χ3v) is 7.76. The fraction of sp³-hybridized carbons (Fsp3) is 0.263. The molecule has 3 rings (SSSR count). The van der Waals surface area contributed by atoms with E-state index in [9.17, 15) is 31.2 Å².